The first kappa shape index (κ1) is 12.1. The predicted molar refractivity (Wildman–Crippen MR) is 63.8 cm³/mol. The Balaban J connectivity index is 2.08. The van der Waals surface area contributed by atoms with E-state index < -0.39 is 6.10 Å². The Morgan fingerprint density at radius 3 is 2.71 bits per heavy atom. The molecule has 17 heavy (non-hydrogen) atoms. The van der Waals surface area contributed by atoms with Gasteiger partial charge in [-0.2, -0.15) is 4.98 Å². The van der Waals surface area contributed by atoms with Crippen LogP contribution in [-0.4, -0.2) is 15.2 Å². The van der Waals surface area contributed by atoms with Crippen molar-refractivity contribution >= 4 is 11.6 Å². The van der Waals surface area contributed by atoms with Gasteiger partial charge in [-0.1, -0.05) is 35.8 Å². The van der Waals surface area contributed by atoms with E-state index in [1.807, 2.05) is 31.2 Å². The normalized spacial score (nSPS) is 12.6. The van der Waals surface area contributed by atoms with E-state index in [2.05, 4.69) is 10.1 Å². The van der Waals surface area contributed by atoms with Gasteiger partial charge in [0.2, 0.25) is 5.89 Å². The van der Waals surface area contributed by atoms with Crippen LogP contribution in [0.3, 0.4) is 0 Å². The molecule has 1 aromatic carbocycles. The molecule has 0 radical (unpaired) electrons. The fraction of sp³-hybridized carbons (Fsp3) is 0.333. The quantitative estimate of drug-likeness (QED) is 0.909. The standard InChI is InChI=1S/C12H13ClN2O2/c1-2-10(16)12-14-11(17-15-12)7-8-3-5-9(13)6-4-8/h3-6,10,16H,2,7H2,1H3. The molecule has 1 unspecified atom stereocenters. The molecule has 0 aliphatic rings. The summed E-state index contributed by atoms with van der Waals surface area (Å²) in [5.41, 5.74) is 1.04. The number of benzene rings is 1. The van der Waals surface area contributed by atoms with E-state index in [9.17, 15) is 5.11 Å². The molecule has 2 rings (SSSR count). The Labute approximate surface area is 104 Å². The van der Waals surface area contributed by atoms with E-state index in [1.165, 1.54) is 0 Å². The summed E-state index contributed by atoms with van der Waals surface area (Å²) in [6.07, 6.45) is 0.457. The zero-order valence-electron chi connectivity index (χ0n) is 9.43. The van der Waals surface area contributed by atoms with Crippen LogP contribution in [0.25, 0.3) is 0 Å². The molecule has 1 atom stereocenters. The van der Waals surface area contributed by atoms with Gasteiger partial charge in [0.25, 0.3) is 0 Å². The van der Waals surface area contributed by atoms with E-state index >= 15 is 0 Å². The van der Waals surface area contributed by atoms with Crippen LogP contribution in [0.15, 0.2) is 28.8 Å². The molecule has 0 fully saturated rings. The van der Waals surface area contributed by atoms with Gasteiger partial charge in [0, 0.05) is 5.02 Å². The first-order valence-electron chi connectivity index (χ1n) is 5.44. The molecule has 0 saturated carbocycles. The van der Waals surface area contributed by atoms with Crippen molar-refractivity contribution in [2.75, 3.05) is 0 Å². The number of rotatable bonds is 4. The van der Waals surface area contributed by atoms with Crippen molar-refractivity contribution in [3.63, 3.8) is 0 Å². The highest BCUT2D eigenvalue weighted by Crippen LogP contribution is 2.15. The van der Waals surface area contributed by atoms with Crippen molar-refractivity contribution in [1.29, 1.82) is 0 Å². The molecular weight excluding hydrogens is 240 g/mol. The summed E-state index contributed by atoms with van der Waals surface area (Å²) < 4.78 is 5.07. The molecule has 90 valence electrons. The fourth-order valence-electron chi connectivity index (χ4n) is 1.43. The van der Waals surface area contributed by atoms with Crippen molar-refractivity contribution < 1.29 is 9.63 Å². The van der Waals surface area contributed by atoms with E-state index in [1.54, 1.807) is 0 Å². The Kier molecular flexibility index (Phi) is 3.76. The zero-order valence-corrected chi connectivity index (χ0v) is 10.2. The van der Waals surface area contributed by atoms with Crippen molar-refractivity contribution in [3.05, 3.63) is 46.6 Å². The van der Waals surface area contributed by atoms with E-state index in [0.717, 1.165) is 5.56 Å². The Hall–Kier alpha value is -1.39. The van der Waals surface area contributed by atoms with Gasteiger partial charge in [-0.3, -0.25) is 0 Å². The first-order valence-corrected chi connectivity index (χ1v) is 5.82. The van der Waals surface area contributed by atoms with Crippen LogP contribution in [0.2, 0.25) is 5.02 Å². The molecule has 1 aromatic heterocycles. The van der Waals surface area contributed by atoms with Crippen LogP contribution < -0.4 is 0 Å². The van der Waals surface area contributed by atoms with Crippen molar-refractivity contribution in [2.24, 2.45) is 0 Å². The average molecular weight is 253 g/mol. The third-order valence-corrected chi connectivity index (χ3v) is 2.69. The van der Waals surface area contributed by atoms with E-state index in [4.69, 9.17) is 16.1 Å². The van der Waals surface area contributed by atoms with E-state index in [-0.39, 0.29) is 0 Å². The van der Waals surface area contributed by atoms with Crippen LogP contribution in [0.5, 0.6) is 0 Å². The minimum atomic E-state index is -0.655. The number of hydrogen-bond acceptors (Lipinski definition) is 4. The van der Waals surface area contributed by atoms with Gasteiger partial charge in [-0.15, -0.1) is 0 Å². The van der Waals surface area contributed by atoms with Gasteiger partial charge in [-0.25, -0.2) is 0 Å². The van der Waals surface area contributed by atoms with Crippen molar-refractivity contribution in [1.82, 2.24) is 10.1 Å². The van der Waals surface area contributed by atoms with Crippen LogP contribution in [0.4, 0.5) is 0 Å². The minimum Gasteiger partial charge on any atom is -0.385 e. The second kappa shape index (κ2) is 5.29. The number of nitrogens with zero attached hydrogens (tertiary/aromatic N) is 2. The number of hydrogen-bond donors (Lipinski definition) is 1. The van der Waals surface area contributed by atoms with Crippen molar-refractivity contribution in [3.8, 4) is 0 Å². The van der Waals surface area contributed by atoms with Gasteiger partial charge in [0.05, 0.1) is 6.42 Å². The third-order valence-electron chi connectivity index (χ3n) is 2.44. The van der Waals surface area contributed by atoms with Crippen LogP contribution in [0.1, 0.15) is 36.7 Å². The molecular formula is C12H13ClN2O2. The number of aliphatic hydroxyl groups is 1. The maximum absolute atomic E-state index is 9.54. The van der Waals surface area contributed by atoms with Crippen LogP contribution >= 0.6 is 11.6 Å². The molecule has 0 amide bonds. The molecule has 0 aliphatic heterocycles. The minimum absolute atomic E-state index is 0.344. The van der Waals surface area contributed by atoms with Crippen LogP contribution in [-0.2, 0) is 6.42 Å². The highest BCUT2D eigenvalue weighted by molar-refractivity contribution is 6.30. The van der Waals surface area contributed by atoms with Crippen molar-refractivity contribution in [2.45, 2.75) is 25.9 Å². The second-order valence-corrected chi connectivity index (χ2v) is 4.21. The summed E-state index contributed by atoms with van der Waals surface area (Å²) in [5, 5.41) is 14.0. The molecule has 2 aromatic rings. The average Bonchev–Trinajstić information content (AvgIpc) is 2.80. The Bertz CT molecular complexity index is 482. The lowest BCUT2D eigenvalue weighted by Gasteiger charge is -1.98. The smallest absolute Gasteiger partial charge is 0.231 e. The van der Waals surface area contributed by atoms with Gasteiger partial charge in [0.1, 0.15) is 6.10 Å². The molecule has 1 N–H and O–H groups in total. The van der Waals surface area contributed by atoms with Gasteiger partial charge in [0.15, 0.2) is 5.82 Å². The number of aromatic nitrogens is 2. The lowest BCUT2D eigenvalue weighted by Crippen LogP contribution is -1.98. The molecule has 0 aliphatic carbocycles. The number of aliphatic hydroxyl groups excluding tert-OH is 1. The maximum atomic E-state index is 9.54. The summed E-state index contributed by atoms with van der Waals surface area (Å²) in [5.74, 6) is 0.839. The topological polar surface area (TPSA) is 59.2 Å². The third kappa shape index (κ3) is 3.05. The van der Waals surface area contributed by atoms with Gasteiger partial charge < -0.3 is 9.63 Å². The Morgan fingerprint density at radius 2 is 2.06 bits per heavy atom. The molecule has 4 nitrogen and oxygen atoms in total. The summed E-state index contributed by atoms with van der Waals surface area (Å²) in [6.45, 7) is 1.86. The highest BCUT2D eigenvalue weighted by Gasteiger charge is 2.13. The summed E-state index contributed by atoms with van der Waals surface area (Å²) >= 11 is 5.79. The molecule has 5 heteroatoms. The zero-order chi connectivity index (χ0) is 12.3. The second-order valence-electron chi connectivity index (χ2n) is 3.77. The van der Waals surface area contributed by atoms with Gasteiger partial charge in [-0.05, 0) is 24.1 Å². The van der Waals surface area contributed by atoms with E-state index in [0.29, 0.717) is 29.6 Å². The SMILES string of the molecule is CCC(O)c1noc(Cc2ccc(Cl)cc2)n1. The predicted octanol–water partition coefficient (Wildman–Crippen LogP) is 2.76. The molecule has 0 spiro atoms. The first-order chi connectivity index (χ1) is 8.19. The lowest BCUT2D eigenvalue weighted by molar-refractivity contribution is 0.159. The summed E-state index contributed by atoms with van der Waals surface area (Å²) in [6, 6.07) is 7.44. The highest BCUT2D eigenvalue weighted by atomic mass is 35.5. The molecule has 0 saturated heterocycles. The summed E-state index contributed by atoms with van der Waals surface area (Å²) in [4.78, 5) is 4.14. The lowest BCUT2D eigenvalue weighted by atomic mass is 10.1. The summed E-state index contributed by atoms with van der Waals surface area (Å²) in [7, 11) is 0. The van der Waals surface area contributed by atoms with Crippen LogP contribution in [0, 0.1) is 0 Å². The monoisotopic (exact) mass is 252 g/mol. The Morgan fingerprint density at radius 1 is 1.35 bits per heavy atom. The largest absolute Gasteiger partial charge is 0.385 e. The molecule has 1 heterocycles. The number of halogens is 1. The molecule has 0 bridgehead atoms. The van der Waals surface area contributed by atoms with Gasteiger partial charge >= 0.3 is 0 Å². The fourth-order valence-corrected chi connectivity index (χ4v) is 1.56. The maximum Gasteiger partial charge on any atom is 0.231 e.